The summed E-state index contributed by atoms with van der Waals surface area (Å²) < 4.78 is 7.52. The molecule has 1 atom stereocenters. The van der Waals surface area contributed by atoms with E-state index in [2.05, 4.69) is 20.6 Å². The number of rotatable bonds is 12. The number of fused-ring (bicyclic) bond motifs is 1. The van der Waals surface area contributed by atoms with Gasteiger partial charge in [0, 0.05) is 29.6 Å². The van der Waals surface area contributed by atoms with Gasteiger partial charge < -0.3 is 21.1 Å². The van der Waals surface area contributed by atoms with E-state index >= 15 is 0 Å². The summed E-state index contributed by atoms with van der Waals surface area (Å²) in [7, 11) is 1.89. The molecule has 194 valence electrons. The Morgan fingerprint density at radius 3 is 2.51 bits per heavy atom. The molecule has 2 aromatic heterocycles. The molecular weight excluding hydrogens is 468 g/mol. The number of aromatic amines is 1. The lowest BCUT2D eigenvalue weighted by Crippen LogP contribution is -2.34. The van der Waals surface area contributed by atoms with Crippen molar-refractivity contribution in [2.75, 3.05) is 26.7 Å². The summed E-state index contributed by atoms with van der Waals surface area (Å²) >= 11 is 0. The predicted octanol–water partition coefficient (Wildman–Crippen LogP) is 3.20. The number of unbranched alkanes of at least 4 members (excludes halogenated alkanes) is 1. The number of nitrogens with two attached hydrogens (primary N) is 1. The number of nitrogens with one attached hydrogen (secondary N) is 3. The average Bonchev–Trinajstić information content (AvgIpc) is 3.33. The lowest BCUT2D eigenvalue weighted by molar-refractivity contribution is 0.0938. The number of hydrogen-bond acceptors (Lipinski definition) is 6. The van der Waals surface area contributed by atoms with Crippen LogP contribution >= 0.6 is 0 Å². The van der Waals surface area contributed by atoms with Crippen molar-refractivity contribution in [1.29, 1.82) is 0 Å². The number of aromatic nitrogens is 3. The number of imidazole rings is 1. The minimum absolute atomic E-state index is 0.0779. The van der Waals surface area contributed by atoms with E-state index in [0.29, 0.717) is 35.8 Å². The fourth-order valence-electron chi connectivity index (χ4n) is 4.00. The second-order valence-corrected chi connectivity index (χ2v) is 9.07. The summed E-state index contributed by atoms with van der Waals surface area (Å²) in [6.45, 7) is 4.10. The first-order valence-corrected chi connectivity index (χ1v) is 12.6. The number of benzene rings is 2. The smallest absolute Gasteiger partial charge is 0.260 e. The van der Waals surface area contributed by atoms with Crippen molar-refractivity contribution in [3.63, 3.8) is 0 Å². The number of H-pyrrole nitrogens is 1. The molecule has 4 rings (SSSR count). The maximum atomic E-state index is 12.8. The Bertz CT molecular complexity index is 1380. The van der Waals surface area contributed by atoms with Crippen LogP contribution in [0.25, 0.3) is 28.2 Å². The van der Waals surface area contributed by atoms with E-state index in [1.54, 1.807) is 22.7 Å². The van der Waals surface area contributed by atoms with Crippen LogP contribution in [0, 0.1) is 0 Å². The second kappa shape index (κ2) is 12.3. The first-order chi connectivity index (χ1) is 18.0. The highest BCUT2D eigenvalue weighted by molar-refractivity contribution is 5.94. The number of carbonyl (C=O) groups is 1. The molecule has 9 nitrogen and oxygen atoms in total. The Kier molecular flexibility index (Phi) is 8.71. The van der Waals surface area contributed by atoms with Gasteiger partial charge in [-0.15, -0.1) is 0 Å². The summed E-state index contributed by atoms with van der Waals surface area (Å²) in [5.41, 5.74) is 8.74. The zero-order valence-corrected chi connectivity index (χ0v) is 21.3. The molecule has 0 aliphatic carbocycles. The Balaban J connectivity index is 1.48. The van der Waals surface area contributed by atoms with E-state index in [1.165, 1.54) is 0 Å². The van der Waals surface area contributed by atoms with Crippen LogP contribution < -0.4 is 26.7 Å². The van der Waals surface area contributed by atoms with Gasteiger partial charge in [0.05, 0.1) is 17.9 Å². The number of nitrogens with zero attached hydrogens (tertiary/aromatic N) is 2. The van der Waals surface area contributed by atoms with Crippen molar-refractivity contribution in [2.24, 2.45) is 5.73 Å². The van der Waals surface area contributed by atoms with Gasteiger partial charge in [0.2, 0.25) is 5.78 Å². The summed E-state index contributed by atoms with van der Waals surface area (Å²) in [5.74, 6) is 1.10. The monoisotopic (exact) mass is 502 g/mol. The fraction of sp³-hybridized carbons (Fsp3) is 0.321. The second-order valence-electron chi connectivity index (χ2n) is 9.07. The molecule has 1 unspecified atom stereocenters. The highest BCUT2D eigenvalue weighted by Crippen LogP contribution is 2.23. The van der Waals surface area contributed by atoms with Crippen molar-refractivity contribution in [1.82, 2.24) is 25.0 Å². The van der Waals surface area contributed by atoms with Crippen LogP contribution in [0.15, 0.2) is 65.7 Å². The average molecular weight is 503 g/mol. The minimum atomic E-state index is -0.222. The molecule has 4 aromatic rings. The molecule has 2 heterocycles. The lowest BCUT2D eigenvalue weighted by atomic mass is 10.1. The normalized spacial score (nSPS) is 12.0. The highest BCUT2D eigenvalue weighted by Gasteiger charge is 2.12. The molecule has 9 heteroatoms. The SMILES string of the molecule is CNCCC(C)NC(=O)c1ccc(-c2cn3cc(-c4ccc(OCCCCN)cc4)c(=O)[nH]c3n2)cc1. The first kappa shape index (κ1) is 26.1. The third kappa shape index (κ3) is 6.63. The Morgan fingerprint density at radius 1 is 1.08 bits per heavy atom. The molecule has 0 saturated heterocycles. The van der Waals surface area contributed by atoms with E-state index in [4.69, 9.17) is 10.5 Å². The molecule has 0 spiro atoms. The van der Waals surface area contributed by atoms with Gasteiger partial charge in [-0.3, -0.25) is 19.0 Å². The zero-order chi connectivity index (χ0) is 26.2. The van der Waals surface area contributed by atoms with Gasteiger partial charge in [0.25, 0.3) is 11.5 Å². The van der Waals surface area contributed by atoms with Crippen LogP contribution in [0.3, 0.4) is 0 Å². The van der Waals surface area contributed by atoms with E-state index < -0.39 is 0 Å². The van der Waals surface area contributed by atoms with Crippen molar-refractivity contribution < 1.29 is 9.53 Å². The number of carbonyl (C=O) groups excluding carboxylic acids is 1. The number of hydrogen-bond donors (Lipinski definition) is 4. The van der Waals surface area contributed by atoms with Crippen molar-refractivity contribution in [3.8, 4) is 28.1 Å². The number of amides is 1. The van der Waals surface area contributed by atoms with Gasteiger partial charge in [-0.05, 0) is 76.2 Å². The number of ether oxygens (including phenoxy) is 1. The standard InChI is InChI=1S/C28H34N6O3/c1-19(13-15-30-2)31-26(35)22-7-5-21(6-8-22)25-18-34-17-24(27(36)33-28(34)32-25)20-9-11-23(12-10-20)37-16-4-3-14-29/h5-12,17-19,30H,3-4,13-16,29H2,1-2H3,(H,31,35)(H,32,33,36). The molecule has 2 aromatic carbocycles. The molecule has 0 fully saturated rings. The van der Waals surface area contributed by atoms with Crippen molar-refractivity contribution >= 4 is 11.7 Å². The van der Waals surface area contributed by atoms with Crippen LogP contribution in [0.4, 0.5) is 0 Å². The van der Waals surface area contributed by atoms with Crippen molar-refractivity contribution in [2.45, 2.75) is 32.2 Å². The third-order valence-corrected chi connectivity index (χ3v) is 6.15. The topological polar surface area (TPSA) is 127 Å². The van der Waals surface area contributed by atoms with Gasteiger partial charge >= 0.3 is 0 Å². The fourth-order valence-corrected chi connectivity index (χ4v) is 4.00. The molecule has 1 amide bonds. The quantitative estimate of drug-likeness (QED) is 0.220. The highest BCUT2D eigenvalue weighted by atomic mass is 16.5. The van der Waals surface area contributed by atoms with E-state index in [9.17, 15) is 9.59 Å². The molecule has 0 aliphatic heterocycles. The molecular formula is C28H34N6O3. The van der Waals surface area contributed by atoms with Gasteiger partial charge in [-0.2, -0.15) is 0 Å². The van der Waals surface area contributed by atoms with Crippen LogP contribution in [-0.4, -0.2) is 53.1 Å². The molecule has 0 radical (unpaired) electrons. The third-order valence-electron chi connectivity index (χ3n) is 6.15. The van der Waals surface area contributed by atoms with Crippen molar-refractivity contribution in [3.05, 3.63) is 76.8 Å². The summed E-state index contributed by atoms with van der Waals surface area (Å²) in [4.78, 5) is 32.7. The maximum Gasteiger partial charge on any atom is 0.260 e. The largest absolute Gasteiger partial charge is 0.494 e. The van der Waals surface area contributed by atoms with Crippen LogP contribution in [0.1, 0.15) is 36.5 Å². The maximum absolute atomic E-state index is 12.8. The Morgan fingerprint density at radius 2 is 1.81 bits per heavy atom. The van der Waals surface area contributed by atoms with Gasteiger partial charge in [-0.1, -0.05) is 24.3 Å². The van der Waals surface area contributed by atoms with E-state index in [1.807, 2.05) is 56.6 Å². The van der Waals surface area contributed by atoms with Gasteiger partial charge in [0.1, 0.15) is 5.75 Å². The first-order valence-electron chi connectivity index (χ1n) is 12.6. The predicted molar refractivity (Wildman–Crippen MR) is 146 cm³/mol. The van der Waals surface area contributed by atoms with Crippen LogP contribution in [0.5, 0.6) is 5.75 Å². The molecule has 0 saturated carbocycles. The summed E-state index contributed by atoms with van der Waals surface area (Å²) in [6, 6.07) is 14.8. The lowest BCUT2D eigenvalue weighted by Gasteiger charge is -2.13. The Labute approximate surface area is 216 Å². The minimum Gasteiger partial charge on any atom is -0.494 e. The van der Waals surface area contributed by atoms with E-state index in [0.717, 1.165) is 42.7 Å². The Hall–Kier alpha value is -3.95. The molecule has 5 N–H and O–H groups in total. The molecule has 37 heavy (non-hydrogen) atoms. The summed E-state index contributed by atoms with van der Waals surface area (Å²) in [6.07, 6.45) is 6.32. The van der Waals surface area contributed by atoms with Crippen LogP contribution in [-0.2, 0) is 0 Å². The van der Waals surface area contributed by atoms with E-state index in [-0.39, 0.29) is 17.5 Å². The molecule has 0 bridgehead atoms. The van der Waals surface area contributed by atoms with Gasteiger partial charge in [-0.25, -0.2) is 4.98 Å². The molecule has 0 aliphatic rings. The van der Waals surface area contributed by atoms with Crippen LogP contribution in [0.2, 0.25) is 0 Å². The summed E-state index contributed by atoms with van der Waals surface area (Å²) in [5, 5.41) is 6.09. The zero-order valence-electron chi connectivity index (χ0n) is 21.3. The van der Waals surface area contributed by atoms with Gasteiger partial charge in [0.15, 0.2) is 0 Å².